The first-order valence-electron chi connectivity index (χ1n) is 6.41. The smallest absolute Gasteiger partial charge is 0.243 e. The number of hydrogen-bond acceptors (Lipinski definition) is 1. The summed E-state index contributed by atoms with van der Waals surface area (Å²) in [5, 5.41) is 10.7. The molecule has 0 saturated heterocycles. The van der Waals surface area contributed by atoms with Gasteiger partial charge in [0, 0.05) is 5.92 Å². The van der Waals surface area contributed by atoms with E-state index in [1.54, 1.807) is 0 Å². The lowest BCUT2D eigenvalue weighted by Crippen LogP contribution is -2.51. The zero-order valence-electron chi connectivity index (χ0n) is 10.5. The standard InChI is InChI=1S/C13H24F2O/c1-9(2)13(16,10(3)12(14)15)11-7-5-4-6-8-11/h9-12,16H,4-8H2,1-3H3. The van der Waals surface area contributed by atoms with Crippen molar-refractivity contribution in [1.29, 1.82) is 0 Å². The molecule has 1 N–H and O–H groups in total. The topological polar surface area (TPSA) is 20.2 Å². The van der Waals surface area contributed by atoms with Crippen molar-refractivity contribution in [2.45, 2.75) is 64.9 Å². The first-order chi connectivity index (χ1) is 7.40. The van der Waals surface area contributed by atoms with E-state index in [1.807, 2.05) is 13.8 Å². The Balaban J connectivity index is 2.85. The van der Waals surface area contributed by atoms with Gasteiger partial charge in [0.25, 0.3) is 0 Å². The highest BCUT2D eigenvalue weighted by atomic mass is 19.3. The van der Waals surface area contributed by atoms with Gasteiger partial charge in [-0.25, -0.2) is 8.78 Å². The van der Waals surface area contributed by atoms with Crippen LogP contribution in [0.5, 0.6) is 0 Å². The molecule has 0 heterocycles. The molecule has 16 heavy (non-hydrogen) atoms. The summed E-state index contributed by atoms with van der Waals surface area (Å²) in [6.45, 7) is 5.19. The summed E-state index contributed by atoms with van der Waals surface area (Å²) in [5.41, 5.74) is -1.20. The molecule has 2 atom stereocenters. The lowest BCUT2D eigenvalue weighted by atomic mass is 9.66. The van der Waals surface area contributed by atoms with Crippen LogP contribution < -0.4 is 0 Å². The highest BCUT2D eigenvalue weighted by Gasteiger charge is 2.47. The predicted molar refractivity (Wildman–Crippen MR) is 61.5 cm³/mol. The molecule has 3 heteroatoms. The van der Waals surface area contributed by atoms with Gasteiger partial charge in [0.1, 0.15) is 0 Å². The Morgan fingerprint density at radius 2 is 1.56 bits per heavy atom. The lowest BCUT2D eigenvalue weighted by Gasteiger charge is -2.45. The highest BCUT2D eigenvalue weighted by molar-refractivity contribution is 4.95. The zero-order valence-corrected chi connectivity index (χ0v) is 10.5. The van der Waals surface area contributed by atoms with Crippen LogP contribution in [0.2, 0.25) is 0 Å². The first kappa shape index (κ1) is 13.9. The van der Waals surface area contributed by atoms with E-state index >= 15 is 0 Å². The Labute approximate surface area is 97.2 Å². The van der Waals surface area contributed by atoms with Gasteiger partial charge >= 0.3 is 0 Å². The third-order valence-corrected chi connectivity index (χ3v) is 4.29. The van der Waals surface area contributed by atoms with Gasteiger partial charge in [0.05, 0.1) is 5.60 Å². The van der Waals surface area contributed by atoms with Gasteiger partial charge in [-0.3, -0.25) is 0 Å². The molecule has 0 aliphatic heterocycles. The molecule has 1 fully saturated rings. The molecule has 0 bridgehead atoms. The van der Waals surface area contributed by atoms with Gasteiger partial charge in [-0.15, -0.1) is 0 Å². The van der Waals surface area contributed by atoms with E-state index in [1.165, 1.54) is 13.3 Å². The maximum absolute atomic E-state index is 12.9. The summed E-state index contributed by atoms with van der Waals surface area (Å²) in [6, 6.07) is 0. The first-order valence-corrected chi connectivity index (χ1v) is 6.41. The van der Waals surface area contributed by atoms with E-state index in [0.29, 0.717) is 0 Å². The predicted octanol–water partition coefficient (Wildman–Crippen LogP) is 3.86. The van der Waals surface area contributed by atoms with Crippen molar-refractivity contribution in [3.8, 4) is 0 Å². The molecule has 0 spiro atoms. The van der Waals surface area contributed by atoms with Crippen molar-refractivity contribution in [2.75, 3.05) is 0 Å². The molecular weight excluding hydrogens is 210 g/mol. The van der Waals surface area contributed by atoms with Gasteiger partial charge in [0.15, 0.2) is 0 Å². The average Bonchev–Trinajstić information content (AvgIpc) is 2.27. The number of halogens is 2. The van der Waals surface area contributed by atoms with Crippen molar-refractivity contribution in [1.82, 2.24) is 0 Å². The molecule has 1 saturated carbocycles. The summed E-state index contributed by atoms with van der Waals surface area (Å²) in [5.74, 6) is -1.000. The molecule has 0 radical (unpaired) electrons. The molecule has 2 unspecified atom stereocenters. The Morgan fingerprint density at radius 1 is 1.06 bits per heavy atom. The Bertz CT molecular complexity index is 212. The number of rotatable bonds is 4. The van der Waals surface area contributed by atoms with Crippen LogP contribution in [0.3, 0.4) is 0 Å². The second kappa shape index (κ2) is 5.44. The quantitative estimate of drug-likeness (QED) is 0.783. The summed E-state index contributed by atoms with van der Waals surface area (Å²) < 4.78 is 25.8. The third-order valence-electron chi connectivity index (χ3n) is 4.29. The second-order valence-corrected chi connectivity index (χ2v) is 5.50. The molecule has 1 rings (SSSR count). The molecule has 0 aromatic heterocycles. The van der Waals surface area contributed by atoms with E-state index in [-0.39, 0.29) is 11.8 Å². The average molecular weight is 234 g/mol. The van der Waals surface area contributed by atoms with Crippen molar-refractivity contribution in [2.24, 2.45) is 17.8 Å². The lowest BCUT2D eigenvalue weighted by molar-refractivity contribution is -0.149. The summed E-state index contributed by atoms with van der Waals surface area (Å²) in [4.78, 5) is 0. The molecule has 1 nitrogen and oxygen atoms in total. The van der Waals surface area contributed by atoms with Crippen LogP contribution in [0, 0.1) is 17.8 Å². The van der Waals surface area contributed by atoms with E-state index in [4.69, 9.17) is 0 Å². The fourth-order valence-electron chi connectivity index (χ4n) is 3.14. The highest BCUT2D eigenvalue weighted by Crippen LogP contribution is 2.43. The summed E-state index contributed by atoms with van der Waals surface area (Å²) >= 11 is 0. The van der Waals surface area contributed by atoms with Gasteiger partial charge in [0.2, 0.25) is 6.43 Å². The van der Waals surface area contributed by atoms with Crippen molar-refractivity contribution < 1.29 is 13.9 Å². The zero-order chi connectivity index (χ0) is 12.3. The molecule has 96 valence electrons. The monoisotopic (exact) mass is 234 g/mol. The number of aliphatic hydroxyl groups is 1. The van der Waals surface area contributed by atoms with Crippen LogP contribution in [0.1, 0.15) is 52.9 Å². The van der Waals surface area contributed by atoms with Crippen LogP contribution in [0.15, 0.2) is 0 Å². The molecular formula is C13H24F2O. The van der Waals surface area contributed by atoms with Crippen LogP contribution >= 0.6 is 0 Å². The van der Waals surface area contributed by atoms with E-state index in [9.17, 15) is 13.9 Å². The maximum atomic E-state index is 12.9. The van der Waals surface area contributed by atoms with Crippen molar-refractivity contribution in [3.63, 3.8) is 0 Å². The van der Waals surface area contributed by atoms with Crippen LogP contribution in [0.25, 0.3) is 0 Å². The van der Waals surface area contributed by atoms with Gasteiger partial charge in [-0.1, -0.05) is 40.0 Å². The minimum Gasteiger partial charge on any atom is -0.389 e. The van der Waals surface area contributed by atoms with Crippen LogP contribution in [-0.2, 0) is 0 Å². The molecule has 0 aromatic carbocycles. The van der Waals surface area contributed by atoms with Gasteiger partial charge in [-0.05, 0) is 24.7 Å². The minimum atomic E-state index is -2.44. The minimum absolute atomic E-state index is 0.0465. The fourth-order valence-corrected chi connectivity index (χ4v) is 3.14. The van der Waals surface area contributed by atoms with Gasteiger partial charge in [-0.2, -0.15) is 0 Å². The summed E-state index contributed by atoms with van der Waals surface area (Å²) in [6.07, 6.45) is 2.66. The third kappa shape index (κ3) is 2.55. The Kier molecular flexibility index (Phi) is 4.72. The van der Waals surface area contributed by atoms with E-state index in [0.717, 1.165) is 25.7 Å². The molecule has 0 amide bonds. The van der Waals surface area contributed by atoms with Crippen molar-refractivity contribution in [3.05, 3.63) is 0 Å². The van der Waals surface area contributed by atoms with Crippen LogP contribution in [0.4, 0.5) is 8.78 Å². The van der Waals surface area contributed by atoms with Gasteiger partial charge < -0.3 is 5.11 Å². The normalized spacial score (nSPS) is 24.8. The van der Waals surface area contributed by atoms with Crippen LogP contribution in [-0.4, -0.2) is 17.1 Å². The Morgan fingerprint density at radius 3 is 1.94 bits per heavy atom. The van der Waals surface area contributed by atoms with E-state index < -0.39 is 17.9 Å². The SMILES string of the molecule is CC(C)C(O)(C1CCCCC1)C(C)C(F)F. The molecule has 1 aliphatic rings. The molecule has 1 aliphatic carbocycles. The molecule has 0 aromatic rings. The van der Waals surface area contributed by atoms with E-state index in [2.05, 4.69) is 0 Å². The Hall–Kier alpha value is -0.180. The maximum Gasteiger partial charge on any atom is 0.243 e. The summed E-state index contributed by atoms with van der Waals surface area (Å²) in [7, 11) is 0. The second-order valence-electron chi connectivity index (χ2n) is 5.50. The largest absolute Gasteiger partial charge is 0.389 e. The fraction of sp³-hybridized carbons (Fsp3) is 1.00. The van der Waals surface area contributed by atoms with Crippen molar-refractivity contribution >= 4 is 0 Å². The number of hydrogen-bond donors (Lipinski definition) is 1. The number of alkyl halides is 2.